The lowest BCUT2D eigenvalue weighted by Gasteiger charge is -2.39. The van der Waals surface area contributed by atoms with Crippen molar-refractivity contribution in [3.63, 3.8) is 0 Å². The van der Waals surface area contributed by atoms with Gasteiger partial charge in [0.2, 0.25) is 0 Å². The fourth-order valence-electron chi connectivity index (χ4n) is 2.25. The standard InChI is InChI=1S/C14H20N2O2/c1-14(2)10-16(8-7-15-14)13(17)11-5-4-6-12(9-11)18-3/h4-6,9,15H,7-8,10H2,1-3H3. The van der Waals surface area contributed by atoms with Crippen LogP contribution in [0.15, 0.2) is 24.3 Å². The van der Waals surface area contributed by atoms with Crippen molar-refractivity contribution in [2.75, 3.05) is 26.7 Å². The van der Waals surface area contributed by atoms with Crippen molar-refractivity contribution >= 4 is 5.91 Å². The van der Waals surface area contributed by atoms with E-state index in [4.69, 9.17) is 4.74 Å². The first-order valence-electron chi connectivity index (χ1n) is 6.20. The van der Waals surface area contributed by atoms with E-state index < -0.39 is 0 Å². The predicted octanol–water partition coefficient (Wildman–Crippen LogP) is 1.52. The Bertz CT molecular complexity index is 443. The average Bonchev–Trinajstić information content (AvgIpc) is 2.37. The summed E-state index contributed by atoms with van der Waals surface area (Å²) in [6.45, 7) is 6.53. The molecule has 1 aromatic carbocycles. The van der Waals surface area contributed by atoms with Gasteiger partial charge in [0.05, 0.1) is 7.11 Å². The van der Waals surface area contributed by atoms with E-state index in [0.717, 1.165) is 25.4 Å². The third kappa shape index (κ3) is 2.82. The molecule has 1 aliphatic rings. The average molecular weight is 248 g/mol. The van der Waals surface area contributed by atoms with Gasteiger partial charge in [-0.1, -0.05) is 6.07 Å². The number of benzene rings is 1. The first-order chi connectivity index (χ1) is 8.52. The quantitative estimate of drug-likeness (QED) is 0.862. The fourth-order valence-corrected chi connectivity index (χ4v) is 2.25. The maximum absolute atomic E-state index is 12.4. The summed E-state index contributed by atoms with van der Waals surface area (Å²) in [6.07, 6.45) is 0. The summed E-state index contributed by atoms with van der Waals surface area (Å²) in [6, 6.07) is 7.31. The second-order valence-corrected chi connectivity index (χ2v) is 5.27. The van der Waals surface area contributed by atoms with Gasteiger partial charge in [-0.3, -0.25) is 4.79 Å². The summed E-state index contributed by atoms with van der Waals surface area (Å²) in [4.78, 5) is 14.3. The maximum Gasteiger partial charge on any atom is 0.254 e. The van der Waals surface area contributed by atoms with Crippen molar-refractivity contribution in [2.45, 2.75) is 19.4 Å². The largest absolute Gasteiger partial charge is 0.497 e. The highest BCUT2D eigenvalue weighted by Crippen LogP contribution is 2.17. The van der Waals surface area contributed by atoms with Crippen molar-refractivity contribution in [2.24, 2.45) is 0 Å². The molecule has 1 heterocycles. The van der Waals surface area contributed by atoms with Crippen LogP contribution in [-0.2, 0) is 0 Å². The van der Waals surface area contributed by atoms with Gasteiger partial charge in [-0.15, -0.1) is 0 Å². The molecule has 1 amide bonds. The summed E-state index contributed by atoms with van der Waals surface area (Å²) in [5, 5.41) is 3.40. The van der Waals surface area contributed by atoms with Crippen LogP contribution in [0.5, 0.6) is 5.75 Å². The minimum atomic E-state index is -0.0211. The normalized spacial score (nSPS) is 18.5. The Hall–Kier alpha value is -1.55. The first kappa shape index (κ1) is 12.9. The smallest absolute Gasteiger partial charge is 0.254 e. The molecule has 0 aliphatic carbocycles. The number of rotatable bonds is 2. The van der Waals surface area contributed by atoms with Crippen LogP contribution in [0.4, 0.5) is 0 Å². The van der Waals surface area contributed by atoms with Crippen LogP contribution in [0.1, 0.15) is 24.2 Å². The van der Waals surface area contributed by atoms with Crippen LogP contribution in [-0.4, -0.2) is 43.1 Å². The second kappa shape index (κ2) is 4.98. The monoisotopic (exact) mass is 248 g/mol. The van der Waals surface area contributed by atoms with Crippen molar-refractivity contribution in [3.8, 4) is 5.75 Å². The molecular formula is C14H20N2O2. The van der Waals surface area contributed by atoms with Crippen molar-refractivity contribution in [3.05, 3.63) is 29.8 Å². The highest BCUT2D eigenvalue weighted by molar-refractivity contribution is 5.94. The fraction of sp³-hybridized carbons (Fsp3) is 0.500. The molecule has 0 spiro atoms. The van der Waals surface area contributed by atoms with E-state index in [1.807, 2.05) is 23.1 Å². The van der Waals surface area contributed by atoms with E-state index in [-0.39, 0.29) is 11.4 Å². The second-order valence-electron chi connectivity index (χ2n) is 5.27. The number of carbonyl (C=O) groups is 1. The van der Waals surface area contributed by atoms with E-state index in [0.29, 0.717) is 5.56 Å². The zero-order chi connectivity index (χ0) is 13.2. The maximum atomic E-state index is 12.4. The molecule has 0 bridgehead atoms. The van der Waals surface area contributed by atoms with Crippen molar-refractivity contribution in [1.29, 1.82) is 0 Å². The summed E-state index contributed by atoms with van der Waals surface area (Å²) >= 11 is 0. The Balaban J connectivity index is 2.15. The Morgan fingerprint density at radius 2 is 2.22 bits per heavy atom. The Morgan fingerprint density at radius 1 is 1.44 bits per heavy atom. The van der Waals surface area contributed by atoms with E-state index in [2.05, 4.69) is 19.2 Å². The molecule has 1 aliphatic heterocycles. The Morgan fingerprint density at radius 3 is 2.89 bits per heavy atom. The van der Waals surface area contributed by atoms with Gasteiger partial charge in [0.15, 0.2) is 0 Å². The SMILES string of the molecule is COc1cccc(C(=O)N2CCNC(C)(C)C2)c1. The molecule has 0 atom stereocenters. The van der Waals surface area contributed by atoms with E-state index in [1.54, 1.807) is 13.2 Å². The van der Waals surface area contributed by atoms with Crippen molar-refractivity contribution < 1.29 is 9.53 Å². The Kier molecular flexibility index (Phi) is 3.57. The zero-order valence-corrected chi connectivity index (χ0v) is 11.2. The van der Waals surface area contributed by atoms with Gasteiger partial charge >= 0.3 is 0 Å². The third-order valence-electron chi connectivity index (χ3n) is 3.18. The van der Waals surface area contributed by atoms with Gasteiger partial charge in [-0.2, -0.15) is 0 Å². The lowest BCUT2D eigenvalue weighted by Crippen LogP contribution is -2.58. The number of methoxy groups -OCH3 is 1. The van der Waals surface area contributed by atoms with E-state index >= 15 is 0 Å². The number of hydrogen-bond acceptors (Lipinski definition) is 3. The van der Waals surface area contributed by atoms with Crippen LogP contribution >= 0.6 is 0 Å². The van der Waals surface area contributed by atoms with Crippen LogP contribution in [0.3, 0.4) is 0 Å². The molecule has 4 nitrogen and oxygen atoms in total. The molecule has 18 heavy (non-hydrogen) atoms. The number of piperazine rings is 1. The molecule has 1 N–H and O–H groups in total. The Labute approximate surface area is 108 Å². The molecule has 1 fully saturated rings. The van der Waals surface area contributed by atoms with Gasteiger partial charge in [0.25, 0.3) is 5.91 Å². The lowest BCUT2D eigenvalue weighted by molar-refractivity contribution is 0.0652. The number of ether oxygens (including phenoxy) is 1. The van der Waals surface area contributed by atoms with E-state index in [9.17, 15) is 4.79 Å². The molecule has 0 aromatic heterocycles. The third-order valence-corrected chi connectivity index (χ3v) is 3.18. The highest BCUT2D eigenvalue weighted by atomic mass is 16.5. The van der Waals surface area contributed by atoms with Gasteiger partial charge in [-0.25, -0.2) is 0 Å². The van der Waals surface area contributed by atoms with Crippen LogP contribution in [0.25, 0.3) is 0 Å². The minimum Gasteiger partial charge on any atom is -0.497 e. The van der Waals surface area contributed by atoms with Gasteiger partial charge < -0.3 is 15.0 Å². The summed E-state index contributed by atoms with van der Waals surface area (Å²) in [5.41, 5.74) is 0.666. The number of nitrogens with one attached hydrogen (secondary N) is 1. The molecule has 1 saturated heterocycles. The molecule has 0 radical (unpaired) electrons. The topological polar surface area (TPSA) is 41.6 Å². The number of hydrogen-bond donors (Lipinski definition) is 1. The molecule has 0 saturated carbocycles. The minimum absolute atomic E-state index is 0.0211. The molecule has 98 valence electrons. The van der Waals surface area contributed by atoms with Gasteiger partial charge in [-0.05, 0) is 32.0 Å². The van der Waals surface area contributed by atoms with Gasteiger partial charge in [0, 0.05) is 30.7 Å². The molecular weight excluding hydrogens is 228 g/mol. The summed E-state index contributed by atoms with van der Waals surface area (Å²) in [7, 11) is 1.61. The first-order valence-corrected chi connectivity index (χ1v) is 6.20. The van der Waals surface area contributed by atoms with Crippen LogP contribution < -0.4 is 10.1 Å². The summed E-state index contributed by atoms with van der Waals surface area (Å²) in [5.74, 6) is 0.790. The van der Waals surface area contributed by atoms with Gasteiger partial charge in [0.1, 0.15) is 5.75 Å². The zero-order valence-electron chi connectivity index (χ0n) is 11.2. The molecule has 1 aromatic rings. The number of amides is 1. The number of carbonyl (C=O) groups excluding carboxylic acids is 1. The van der Waals surface area contributed by atoms with E-state index in [1.165, 1.54) is 0 Å². The number of nitrogens with zero attached hydrogens (tertiary/aromatic N) is 1. The van der Waals surface area contributed by atoms with Crippen LogP contribution in [0, 0.1) is 0 Å². The van der Waals surface area contributed by atoms with Crippen molar-refractivity contribution in [1.82, 2.24) is 10.2 Å². The lowest BCUT2D eigenvalue weighted by atomic mass is 10.0. The summed E-state index contributed by atoms with van der Waals surface area (Å²) < 4.78 is 5.15. The van der Waals surface area contributed by atoms with Crippen LogP contribution in [0.2, 0.25) is 0 Å². The molecule has 2 rings (SSSR count). The predicted molar refractivity (Wildman–Crippen MR) is 71.0 cm³/mol. The highest BCUT2D eigenvalue weighted by Gasteiger charge is 2.29. The molecule has 0 unspecified atom stereocenters. The molecule has 4 heteroatoms.